The molecule has 0 atom stereocenters. The molecular weight excluding hydrogens is 402 g/mol. The van der Waals surface area contributed by atoms with Gasteiger partial charge in [-0.15, -0.1) is 11.3 Å². The zero-order valence-corrected chi connectivity index (χ0v) is 17.8. The Balaban J connectivity index is 1.22. The van der Waals surface area contributed by atoms with Crippen molar-refractivity contribution in [2.24, 2.45) is 0 Å². The fourth-order valence-corrected chi connectivity index (χ4v) is 5.09. The number of carbonyl (C=O) groups excluding carboxylic acids is 1. The second-order valence-electron chi connectivity index (χ2n) is 7.72. The number of carbonyl (C=O) groups is 1. The van der Waals surface area contributed by atoms with Crippen molar-refractivity contribution in [1.29, 1.82) is 0 Å². The highest BCUT2D eigenvalue weighted by Crippen LogP contribution is 2.31. The lowest BCUT2D eigenvalue weighted by molar-refractivity contribution is -0.187. The van der Waals surface area contributed by atoms with Crippen molar-refractivity contribution in [2.75, 3.05) is 33.4 Å². The van der Waals surface area contributed by atoms with Gasteiger partial charge in [0.25, 0.3) is 0 Å². The second-order valence-corrected chi connectivity index (χ2v) is 8.56. The lowest BCUT2D eigenvalue weighted by atomic mass is 10.0. The van der Waals surface area contributed by atoms with E-state index in [0.29, 0.717) is 39.1 Å². The Hall–Kier alpha value is -2.42. The number of hydrogen-bond acceptors (Lipinski definition) is 6. The summed E-state index contributed by atoms with van der Waals surface area (Å²) in [5.74, 6) is 0.580. The molecule has 5 rings (SSSR count). The van der Waals surface area contributed by atoms with Crippen molar-refractivity contribution in [3.05, 3.63) is 41.5 Å². The van der Waals surface area contributed by atoms with E-state index >= 15 is 0 Å². The number of rotatable bonds is 5. The normalized spacial score (nSPS) is 18.4. The predicted molar refractivity (Wildman–Crippen MR) is 114 cm³/mol. The monoisotopic (exact) mass is 427 g/mol. The molecular formula is C22H25N3O4S. The molecule has 0 saturated carbocycles. The van der Waals surface area contributed by atoms with Gasteiger partial charge in [0.15, 0.2) is 10.7 Å². The molecule has 2 aliphatic heterocycles. The van der Waals surface area contributed by atoms with Crippen molar-refractivity contribution < 1.29 is 19.0 Å². The molecule has 3 aromatic rings. The van der Waals surface area contributed by atoms with Gasteiger partial charge in [-0.1, -0.05) is 0 Å². The fourth-order valence-electron chi connectivity index (χ4n) is 4.19. The Bertz CT molecular complexity index is 1030. The van der Waals surface area contributed by atoms with Crippen molar-refractivity contribution >= 4 is 22.2 Å². The molecule has 1 amide bonds. The summed E-state index contributed by atoms with van der Waals surface area (Å²) in [6, 6.07) is 7.89. The highest BCUT2D eigenvalue weighted by atomic mass is 32.1. The molecule has 0 radical (unpaired) electrons. The average molecular weight is 428 g/mol. The number of fused-ring (bicyclic) bond motifs is 1. The van der Waals surface area contributed by atoms with Gasteiger partial charge in [-0.05, 0) is 30.7 Å². The van der Waals surface area contributed by atoms with Gasteiger partial charge >= 0.3 is 0 Å². The van der Waals surface area contributed by atoms with E-state index in [1.807, 2.05) is 35.4 Å². The molecule has 8 heteroatoms. The van der Waals surface area contributed by atoms with Crippen LogP contribution in [-0.2, 0) is 20.7 Å². The molecule has 158 valence electrons. The summed E-state index contributed by atoms with van der Waals surface area (Å²) in [5, 5.41) is 2.10. The molecule has 0 bridgehead atoms. The Kier molecular flexibility index (Phi) is 5.22. The van der Waals surface area contributed by atoms with Crippen molar-refractivity contribution in [2.45, 2.75) is 31.5 Å². The molecule has 2 saturated heterocycles. The minimum atomic E-state index is -0.440. The van der Waals surface area contributed by atoms with Gasteiger partial charge in [0, 0.05) is 55.2 Å². The summed E-state index contributed by atoms with van der Waals surface area (Å²) in [4.78, 5) is 20.3. The molecule has 2 aromatic heterocycles. The summed E-state index contributed by atoms with van der Waals surface area (Å²) in [5.41, 5.74) is 3.09. The van der Waals surface area contributed by atoms with Crippen molar-refractivity contribution in [1.82, 2.24) is 14.3 Å². The van der Waals surface area contributed by atoms with Gasteiger partial charge in [-0.3, -0.25) is 9.20 Å². The van der Waals surface area contributed by atoms with Gasteiger partial charge in [0.05, 0.1) is 26.0 Å². The van der Waals surface area contributed by atoms with Crippen LogP contribution in [-0.4, -0.2) is 59.4 Å². The number of methoxy groups -OCH3 is 1. The molecule has 2 aliphatic rings. The molecule has 0 aliphatic carbocycles. The number of piperidine rings is 1. The van der Waals surface area contributed by atoms with Crippen LogP contribution in [0.25, 0.3) is 16.2 Å². The molecule has 30 heavy (non-hydrogen) atoms. The number of imidazole rings is 1. The van der Waals surface area contributed by atoms with Crippen LogP contribution in [0.4, 0.5) is 0 Å². The number of amides is 1. The Morgan fingerprint density at radius 3 is 2.63 bits per heavy atom. The van der Waals surface area contributed by atoms with E-state index in [9.17, 15) is 4.79 Å². The molecule has 1 spiro atoms. The summed E-state index contributed by atoms with van der Waals surface area (Å²) in [6.07, 6.45) is 4.76. The van der Waals surface area contributed by atoms with E-state index in [0.717, 1.165) is 40.5 Å². The minimum Gasteiger partial charge on any atom is -0.497 e. The van der Waals surface area contributed by atoms with E-state index in [4.69, 9.17) is 19.2 Å². The van der Waals surface area contributed by atoms with Gasteiger partial charge in [-0.25, -0.2) is 4.98 Å². The zero-order chi connectivity index (χ0) is 20.6. The number of hydrogen-bond donors (Lipinski definition) is 0. The topological polar surface area (TPSA) is 65.3 Å². The van der Waals surface area contributed by atoms with E-state index in [-0.39, 0.29) is 5.91 Å². The Morgan fingerprint density at radius 2 is 1.93 bits per heavy atom. The number of aromatic nitrogens is 2. The third-order valence-electron chi connectivity index (χ3n) is 5.96. The van der Waals surface area contributed by atoms with Crippen LogP contribution in [0.5, 0.6) is 5.75 Å². The highest BCUT2D eigenvalue weighted by Gasteiger charge is 2.40. The first-order chi connectivity index (χ1) is 14.7. The van der Waals surface area contributed by atoms with E-state index in [1.165, 1.54) is 0 Å². The number of ether oxygens (including phenoxy) is 3. The van der Waals surface area contributed by atoms with Crippen LogP contribution >= 0.6 is 11.3 Å². The highest BCUT2D eigenvalue weighted by molar-refractivity contribution is 7.15. The first-order valence-electron chi connectivity index (χ1n) is 10.3. The molecule has 2 fully saturated rings. The first-order valence-corrected chi connectivity index (χ1v) is 11.2. The average Bonchev–Trinajstić information content (AvgIpc) is 3.50. The smallest absolute Gasteiger partial charge is 0.222 e. The standard InChI is InChI=1S/C22H25N3O4S/c1-27-18-5-2-16(3-6-18)19-14-25-17(15-30-21(25)23-19)4-7-20(26)24-10-8-22(9-11-24)28-12-13-29-22/h2-3,5-6,14-15H,4,7-13H2,1H3. The number of likely N-dealkylation sites (tertiary alicyclic amines) is 1. The summed E-state index contributed by atoms with van der Waals surface area (Å²) in [6.45, 7) is 2.71. The lowest BCUT2D eigenvalue weighted by Crippen LogP contribution is -2.47. The zero-order valence-electron chi connectivity index (χ0n) is 17.0. The van der Waals surface area contributed by atoms with Crippen molar-refractivity contribution in [3.63, 3.8) is 0 Å². The minimum absolute atomic E-state index is 0.192. The maximum Gasteiger partial charge on any atom is 0.222 e. The Labute approximate surface area is 179 Å². The third-order valence-corrected chi connectivity index (χ3v) is 6.84. The van der Waals surface area contributed by atoms with Crippen LogP contribution in [0, 0.1) is 0 Å². The number of thiazole rings is 1. The second kappa shape index (κ2) is 8.02. The maximum absolute atomic E-state index is 12.7. The van der Waals surface area contributed by atoms with Gasteiger partial charge in [-0.2, -0.15) is 0 Å². The number of nitrogens with zero attached hydrogens (tertiary/aromatic N) is 3. The third kappa shape index (κ3) is 3.71. The Morgan fingerprint density at radius 1 is 1.20 bits per heavy atom. The largest absolute Gasteiger partial charge is 0.497 e. The van der Waals surface area contributed by atoms with Crippen LogP contribution in [0.2, 0.25) is 0 Å². The van der Waals surface area contributed by atoms with Crippen LogP contribution in [0.1, 0.15) is 25.0 Å². The van der Waals surface area contributed by atoms with E-state index in [1.54, 1.807) is 18.4 Å². The molecule has 4 heterocycles. The fraction of sp³-hybridized carbons (Fsp3) is 0.455. The SMILES string of the molecule is COc1ccc(-c2cn3c(CCC(=O)N4CCC5(CC4)OCCO5)csc3n2)cc1. The summed E-state index contributed by atoms with van der Waals surface area (Å²) in [7, 11) is 1.66. The van der Waals surface area contributed by atoms with Crippen molar-refractivity contribution in [3.8, 4) is 17.0 Å². The van der Waals surface area contributed by atoms with Gasteiger partial charge in [0.2, 0.25) is 5.91 Å². The summed E-state index contributed by atoms with van der Waals surface area (Å²) < 4.78 is 18.8. The van der Waals surface area contributed by atoms with E-state index in [2.05, 4.69) is 9.78 Å². The van der Waals surface area contributed by atoms with Crippen LogP contribution in [0.3, 0.4) is 0 Å². The first kappa shape index (κ1) is 19.5. The maximum atomic E-state index is 12.7. The molecule has 0 N–H and O–H groups in total. The predicted octanol–water partition coefficient (Wildman–Crippen LogP) is 3.37. The van der Waals surface area contributed by atoms with Crippen LogP contribution in [0.15, 0.2) is 35.8 Å². The van der Waals surface area contributed by atoms with Gasteiger partial charge < -0.3 is 19.1 Å². The summed E-state index contributed by atoms with van der Waals surface area (Å²) >= 11 is 1.61. The molecule has 7 nitrogen and oxygen atoms in total. The quantitative estimate of drug-likeness (QED) is 0.625. The number of benzene rings is 1. The molecule has 0 unspecified atom stereocenters. The molecule has 1 aromatic carbocycles. The lowest BCUT2D eigenvalue weighted by Gasteiger charge is -2.37. The van der Waals surface area contributed by atoms with Crippen LogP contribution < -0.4 is 4.74 Å². The number of aryl methyl sites for hydroxylation is 1. The van der Waals surface area contributed by atoms with E-state index < -0.39 is 5.79 Å². The van der Waals surface area contributed by atoms with Gasteiger partial charge in [0.1, 0.15) is 5.75 Å².